The van der Waals surface area contributed by atoms with Gasteiger partial charge in [0.25, 0.3) is 0 Å². The van der Waals surface area contributed by atoms with Gasteiger partial charge in [0.2, 0.25) is 0 Å². The highest BCUT2D eigenvalue weighted by Crippen LogP contribution is 2.32. The van der Waals surface area contributed by atoms with Gasteiger partial charge in [-0.25, -0.2) is 0 Å². The zero-order chi connectivity index (χ0) is 14.4. The fourth-order valence-corrected chi connectivity index (χ4v) is 2.17. The molecule has 0 saturated heterocycles. The van der Waals surface area contributed by atoms with Crippen molar-refractivity contribution >= 4 is 5.97 Å². The molecule has 2 rings (SSSR count). The number of esters is 1. The van der Waals surface area contributed by atoms with E-state index < -0.39 is 0 Å². The predicted octanol–water partition coefficient (Wildman–Crippen LogP) is 3.47. The highest BCUT2D eigenvalue weighted by atomic mass is 16.5. The van der Waals surface area contributed by atoms with Gasteiger partial charge in [-0.15, -0.1) is 0 Å². The average molecular weight is 270 g/mol. The lowest BCUT2D eigenvalue weighted by molar-refractivity contribution is -0.142. The van der Waals surface area contributed by atoms with Gasteiger partial charge >= 0.3 is 5.97 Å². The number of rotatable bonds is 5. The van der Waals surface area contributed by atoms with E-state index in [1.165, 1.54) is 0 Å². The quantitative estimate of drug-likeness (QED) is 0.780. The summed E-state index contributed by atoms with van der Waals surface area (Å²) in [4.78, 5) is 11.7. The molecule has 0 aliphatic rings. The van der Waals surface area contributed by atoms with Gasteiger partial charge in [-0.3, -0.25) is 4.79 Å². The van der Waals surface area contributed by atoms with Crippen LogP contribution >= 0.6 is 0 Å². The maximum absolute atomic E-state index is 11.7. The number of carbonyl (C=O) groups is 1. The van der Waals surface area contributed by atoms with Crippen molar-refractivity contribution in [2.45, 2.75) is 13.3 Å². The van der Waals surface area contributed by atoms with Crippen LogP contribution < -0.4 is 4.74 Å². The van der Waals surface area contributed by atoms with Crippen LogP contribution in [0.2, 0.25) is 0 Å². The molecule has 3 nitrogen and oxygen atoms in total. The second-order valence-electron chi connectivity index (χ2n) is 4.34. The summed E-state index contributed by atoms with van der Waals surface area (Å²) >= 11 is 0. The summed E-state index contributed by atoms with van der Waals surface area (Å²) in [6.45, 7) is 2.21. The Bertz CT molecular complexity index is 590. The fourth-order valence-electron chi connectivity index (χ4n) is 2.17. The molecule has 0 unspecified atom stereocenters. The second kappa shape index (κ2) is 6.75. The summed E-state index contributed by atoms with van der Waals surface area (Å²) in [6, 6.07) is 15.6. The number of hydrogen-bond donors (Lipinski definition) is 0. The van der Waals surface area contributed by atoms with Crippen molar-refractivity contribution in [2.75, 3.05) is 13.7 Å². The first-order valence-corrected chi connectivity index (χ1v) is 6.63. The molecule has 0 amide bonds. The molecule has 0 fully saturated rings. The van der Waals surface area contributed by atoms with E-state index in [1.807, 2.05) is 55.5 Å². The Morgan fingerprint density at radius 1 is 1.00 bits per heavy atom. The number of benzene rings is 2. The van der Waals surface area contributed by atoms with Crippen molar-refractivity contribution in [2.24, 2.45) is 0 Å². The molecule has 0 aliphatic heterocycles. The maximum atomic E-state index is 11.7. The summed E-state index contributed by atoms with van der Waals surface area (Å²) in [7, 11) is 1.65. The molecular formula is C17H18O3. The summed E-state index contributed by atoms with van der Waals surface area (Å²) < 4.78 is 10.4. The molecule has 0 atom stereocenters. The van der Waals surface area contributed by atoms with E-state index in [2.05, 4.69) is 0 Å². The van der Waals surface area contributed by atoms with Gasteiger partial charge in [0, 0.05) is 5.56 Å². The number of carbonyl (C=O) groups excluding carboxylic acids is 1. The van der Waals surface area contributed by atoms with Crippen LogP contribution in [-0.4, -0.2) is 19.7 Å². The van der Waals surface area contributed by atoms with Gasteiger partial charge in [-0.05, 0) is 24.1 Å². The van der Waals surface area contributed by atoms with E-state index >= 15 is 0 Å². The largest absolute Gasteiger partial charge is 0.496 e. The lowest BCUT2D eigenvalue weighted by Gasteiger charge is -2.12. The molecule has 20 heavy (non-hydrogen) atoms. The topological polar surface area (TPSA) is 35.5 Å². The average Bonchev–Trinajstić information content (AvgIpc) is 2.48. The Morgan fingerprint density at radius 2 is 1.65 bits per heavy atom. The number of para-hydroxylation sites is 1. The van der Waals surface area contributed by atoms with Crippen molar-refractivity contribution in [1.29, 1.82) is 0 Å². The van der Waals surface area contributed by atoms with Crippen molar-refractivity contribution in [1.82, 2.24) is 0 Å². The van der Waals surface area contributed by atoms with Crippen molar-refractivity contribution < 1.29 is 14.3 Å². The summed E-state index contributed by atoms with van der Waals surface area (Å²) in [6.07, 6.45) is 0.266. The Morgan fingerprint density at radius 3 is 2.35 bits per heavy atom. The molecule has 0 aromatic heterocycles. The van der Waals surface area contributed by atoms with Gasteiger partial charge in [0.15, 0.2) is 0 Å². The normalized spacial score (nSPS) is 10.1. The van der Waals surface area contributed by atoms with Crippen molar-refractivity contribution in [3.05, 3.63) is 54.1 Å². The second-order valence-corrected chi connectivity index (χ2v) is 4.34. The van der Waals surface area contributed by atoms with Gasteiger partial charge in [-0.1, -0.05) is 42.5 Å². The Hall–Kier alpha value is -2.29. The SMILES string of the molecule is CCOC(=O)Cc1ccccc1-c1ccccc1OC. The molecule has 0 saturated carbocycles. The summed E-state index contributed by atoms with van der Waals surface area (Å²) in [5.41, 5.74) is 2.92. The van der Waals surface area contributed by atoms with Gasteiger partial charge in [0.05, 0.1) is 20.1 Å². The third-order valence-corrected chi connectivity index (χ3v) is 3.05. The van der Waals surface area contributed by atoms with Crippen LogP contribution in [0.15, 0.2) is 48.5 Å². The molecule has 0 radical (unpaired) electrons. The lowest BCUT2D eigenvalue weighted by atomic mass is 9.97. The highest BCUT2D eigenvalue weighted by molar-refractivity contribution is 5.80. The van der Waals surface area contributed by atoms with Crippen LogP contribution in [0.5, 0.6) is 5.75 Å². The van der Waals surface area contributed by atoms with Crippen LogP contribution in [0, 0.1) is 0 Å². The molecule has 3 heteroatoms. The zero-order valence-electron chi connectivity index (χ0n) is 11.8. The van der Waals surface area contributed by atoms with Crippen molar-refractivity contribution in [3.63, 3.8) is 0 Å². The van der Waals surface area contributed by atoms with Gasteiger partial charge in [0.1, 0.15) is 5.75 Å². The monoisotopic (exact) mass is 270 g/mol. The molecule has 0 spiro atoms. The first-order valence-electron chi connectivity index (χ1n) is 6.63. The lowest BCUT2D eigenvalue weighted by Crippen LogP contribution is -2.08. The molecule has 104 valence electrons. The molecule has 0 bridgehead atoms. The van der Waals surface area contributed by atoms with Crippen LogP contribution in [0.3, 0.4) is 0 Å². The molecular weight excluding hydrogens is 252 g/mol. The van der Waals surface area contributed by atoms with E-state index in [9.17, 15) is 4.79 Å². The number of methoxy groups -OCH3 is 1. The van der Waals surface area contributed by atoms with E-state index in [0.29, 0.717) is 6.61 Å². The first-order chi connectivity index (χ1) is 9.76. The Kier molecular flexibility index (Phi) is 4.77. The van der Waals surface area contributed by atoms with Gasteiger partial charge in [-0.2, -0.15) is 0 Å². The smallest absolute Gasteiger partial charge is 0.310 e. The Labute approximate surface area is 119 Å². The maximum Gasteiger partial charge on any atom is 0.310 e. The minimum absolute atomic E-state index is 0.213. The minimum atomic E-state index is -0.213. The van der Waals surface area contributed by atoms with Crippen LogP contribution in [0.1, 0.15) is 12.5 Å². The minimum Gasteiger partial charge on any atom is -0.496 e. The van der Waals surface area contributed by atoms with Crippen LogP contribution in [0.25, 0.3) is 11.1 Å². The zero-order valence-corrected chi connectivity index (χ0v) is 11.8. The Balaban J connectivity index is 2.39. The van der Waals surface area contributed by atoms with Crippen LogP contribution in [-0.2, 0) is 16.0 Å². The highest BCUT2D eigenvalue weighted by Gasteiger charge is 2.12. The fraction of sp³-hybridized carbons (Fsp3) is 0.235. The first kappa shape index (κ1) is 14.1. The summed E-state index contributed by atoms with van der Waals surface area (Å²) in [5.74, 6) is 0.582. The van der Waals surface area contributed by atoms with Gasteiger partial charge < -0.3 is 9.47 Å². The van der Waals surface area contributed by atoms with E-state index in [4.69, 9.17) is 9.47 Å². The number of ether oxygens (including phenoxy) is 2. The standard InChI is InChI=1S/C17H18O3/c1-3-20-17(18)12-13-8-4-5-9-14(13)15-10-6-7-11-16(15)19-2/h4-11H,3,12H2,1-2H3. The third kappa shape index (κ3) is 3.18. The molecule has 0 aliphatic carbocycles. The van der Waals surface area contributed by atoms with E-state index in [1.54, 1.807) is 7.11 Å². The van der Waals surface area contributed by atoms with Crippen LogP contribution in [0.4, 0.5) is 0 Å². The molecule has 2 aromatic rings. The number of hydrogen-bond acceptors (Lipinski definition) is 3. The third-order valence-electron chi connectivity index (χ3n) is 3.05. The van der Waals surface area contributed by atoms with E-state index in [-0.39, 0.29) is 12.4 Å². The van der Waals surface area contributed by atoms with Crippen molar-refractivity contribution in [3.8, 4) is 16.9 Å². The molecule has 0 N–H and O–H groups in total. The van der Waals surface area contributed by atoms with E-state index in [0.717, 1.165) is 22.4 Å². The summed E-state index contributed by atoms with van der Waals surface area (Å²) in [5, 5.41) is 0. The predicted molar refractivity (Wildman–Crippen MR) is 78.8 cm³/mol. The molecule has 0 heterocycles. The molecule has 2 aromatic carbocycles.